The molecule has 0 aliphatic carbocycles. The fraction of sp³-hybridized carbons (Fsp3) is 0.136. The molecule has 1 aromatic heterocycles. The number of nitrogens with one attached hydrogen (secondary N) is 3. The average Bonchev–Trinajstić information content (AvgIpc) is 3.05. The van der Waals surface area contributed by atoms with Gasteiger partial charge in [0, 0.05) is 16.4 Å². The van der Waals surface area contributed by atoms with E-state index in [0.717, 1.165) is 5.56 Å². The molecule has 32 heavy (non-hydrogen) atoms. The number of hydrogen-bond donors (Lipinski definition) is 3. The SMILES string of the molecule is CCOC(=O)c1c(Nc2cccc(Cl)c2)oc(/C=N\NC(=O)Nc2ccc(C)cc2)c1Cl. The van der Waals surface area contributed by atoms with Crippen LogP contribution in [0.2, 0.25) is 10.0 Å². The third kappa shape index (κ3) is 6.03. The Hall–Kier alpha value is -3.49. The number of nitrogens with zero attached hydrogens (tertiary/aromatic N) is 1. The molecule has 2 amide bonds. The molecule has 0 spiro atoms. The van der Waals surface area contributed by atoms with Crippen LogP contribution >= 0.6 is 23.2 Å². The first-order valence-corrected chi connectivity index (χ1v) is 10.3. The molecule has 3 N–H and O–H groups in total. The second kappa shape index (κ2) is 10.7. The lowest BCUT2D eigenvalue weighted by Crippen LogP contribution is -2.24. The molecule has 0 radical (unpaired) electrons. The van der Waals surface area contributed by atoms with Crippen molar-refractivity contribution in [2.24, 2.45) is 5.10 Å². The van der Waals surface area contributed by atoms with Crippen LogP contribution in [0.1, 0.15) is 28.6 Å². The van der Waals surface area contributed by atoms with E-state index in [0.29, 0.717) is 16.4 Å². The number of halogens is 2. The number of hydrogen-bond acceptors (Lipinski definition) is 6. The number of carbonyl (C=O) groups is 2. The van der Waals surface area contributed by atoms with Crippen molar-refractivity contribution in [3.05, 3.63) is 75.5 Å². The van der Waals surface area contributed by atoms with Gasteiger partial charge in [-0.05, 0) is 44.2 Å². The number of hydrazone groups is 1. The molecule has 8 nitrogen and oxygen atoms in total. The van der Waals surface area contributed by atoms with Crippen molar-refractivity contribution in [1.82, 2.24) is 5.43 Å². The van der Waals surface area contributed by atoms with E-state index in [1.807, 2.05) is 19.1 Å². The molecule has 1 heterocycles. The van der Waals surface area contributed by atoms with E-state index < -0.39 is 12.0 Å². The number of anilines is 3. The standard InChI is InChI=1S/C22H20Cl2N4O4/c1-3-31-21(29)18-19(24)17(32-20(18)26-16-6-4-5-14(23)11-16)12-25-28-22(30)27-15-9-7-13(2)8-10-15/h4-12,26H,3H2,1-2H3,(H2,27,28,30)/b25-12-. The van der Waals surface area contributed by atoms with Gasteiger partial charge >= 0.3 is 12.0 Å². The summed E-state index contributed by atoms with van der Waals surface area (Å²) in [5, 5.41) is 9.90. The molecule has 0 aliphatic heterocycles. The third-order valence-electron chi connectivity index (χ3n) is 4.09. The number of aryl methyl sites for hydroxylation is 1. The lowest BCUT2D eigenvalue weighted by Gasteiger charge is -2.06. The van der Waals surface area contributed by atoms with E-state index in [1.54, 1.807) is 43.3 Å². The highest BCUT2D eigenvalue weighted by Crippen LogP contribution is 2.34. The summed E-state index contributed by atoms with van der Waals surface area (Å²) >= 11 is 12.3. The van der Waals surface area contributed by atoms with Crippen LogP contribution < -0.4 is 16.1 Å². The number of ether oxygens (including phenoxy) is 1. The monoisotopic (exact) mass is 474 g/mol. The van der Waals surface area contributed by atoms with Crippen molar-refractivity contribution >= 4 is 58.7 Å². The Morgan fingerprint density at radius 1 is 1.12 bits per heavy atom. The molecular weight excluding hydrogens is 455 g/mol. The molecule has 3 rings (SSSR count). The van der Waals surface area contributed by atoms with Gasteiger partial charge in [0.25, 0.3) is 0 Å². The molecule has 0 atom stereocenters. The number of furan rings is 1. The van der Waals surface area contributed by atoms with Gasteiger partial charge in [-0.15, -0.1) is 0 Å². The van der Waals surface area contributed by atoms with E-state index in [-0.39, 0.29) is 28.8 Å². The highest BCUT2D eigenvalue weighted by molar-refractivity contribution is 6.36. The first-order valence-electron chi connectivity index (χ1n) is 9.56. The quantitative estimate of drug-likeness (QED) is 0.222. The minimum Gasteiger partial charge on any atom is -0.462 e. The van der Waals surface area contributed by atoms with E-state index in [4.69, 9.17) is 32.4 Å². The van der Waals surface area contributed by atoms with Gasteiger partial charge < -0.3 is 19.8 Å². The minimum atomic E-state index is -0.671. The minimum absolute atomic E-state index is 0.000880. The number of urea groups is 1. The fourth-order valence-corrected chi connectivity index (χ4v) is 3.07. The molecule has 0 saturated heterocycles. The average molecular weight is 475 g/mol. The first kappa shape index (κ1) is 23.2. The smallest absolute Gasteiger partial charge is 0.345 e. The van der Waals surface area contributed by atoms with Crippen molar-refractivity contribution in [1.29, 1.82) is 0 Å². The molecular formula is C22H20Cl2N4O4. The van der Waals surface area contributed by atoms with E-state index in [1.165, 1.54) is 6.21 Å². The summed E-state index contributed by atoms with van der Waals surface area (Å²) < 4.78 is 10.7. The normalized spacial score (nSPS) is 10.8. The summed E-state index contributed by atoms with van der Waals surface area (Å²) in [7, 11) is 0. The molecule has 10 heteroatoms. The predicted molar refractivity (Wildman–Crippen MR) is 125 cm³/mol. The van der Waals surface area contributed by atoms with Crippen LogP contribution in [0.15, 0.2) is 58.0 Å². The van der Waals surface area contributed by atoms with Crippen molar-refractivity contribution < 1.29 is 18.7 Å². The Kier molecular flexibility index (Phi) is 7.75. The van der Waals surface area contributed by atoms with Crippen molar-refractivity contribution in [3.8, 4) is 0 Å². The van der Waals surface area contributed by atoms with Crippen LogP contribution in [-0.2, 0) is 4.74 Å². The fourth-order valence-electron chi connectivity index (χ4n) is 2.63. The number of carbonyl (C=O) groups excluding carboxylic acids is 2. The van der Waals surface area contributed by atoms with Gasteiger partial charge in [0.1, 0.15) is 10.6 Å². The Morgan fingerprint density at radius 3 is 2.56 bits per heavy atom. The third-order valence-corrected chi connectivity index (χ3v) is 4.70. The zero-order valence-corrected chi connectivity index (χ0v) is 18.8. The largest absolute Gasteiger partial charge is 0.462 e. The Labute approximate surface area is 194 Å². The van der Waals surface area contributed by atoms with Crippen LogP contribution in [0.3, 0.4) is 0 Å². The summed E-state index contributed by atoms with van der Waals surface area (Å²) in [6.45, 7) is 3.78. The summed E-state index contributed by atoms with van der Waals surface area (Å²) in [6, 6.07) is 13.5. The zero-order chi connectivity index (χ0) is 23.1. The van der Waals surface area contributed by atoms with E-state index in [2.05, 4.69) is 21.2 Å². The zero-order valence-electron chi connectivity index (χ0n) is 17.2. The molecule has 0 bridgehead atoms. The van der Waals surface area contributed by atoms with Crippen molar-refractivity contribution in [3.63, 3.8) is 0 Å². The predicted octanol–water partition coefficient (Wildman–Crippen LogP) is 5.97. The molecule has 166 valence electrons. The maximum Gasteiger partial charge on any atom is 0.345 e. The van der Waals surface area contributed by atoms with Gasteiger partial charge in [0.15, 0.2) is 5.76 Å². The van der Waals surface area contributed by atoms with Crippen LogP contribution in [0.4, 0.5) is 22.1 Å². The van der Waals surface area contributed by atoms with Gasteiger partial charge in [0.05, 0.1) is 12.8 Å². The number of amides is 2. The van der Waals surface area contributed by atoms with E-state index in [9.17, 15) is 9.59 Å². The van der Waals surface area contributed by atoms with Gasteiger partial charge in [-0.1, -0.05) is 47.0 Å². The van der Waals surface area contributed by atoms with Crippen LogP contribution in [0.25, 0.3) is 0 Å². The van der Waals surface area contributed by atoms with Crippen LogP contribution in [0, 0.1) is 6.92 Å². The maximum absolute atomic E-state index is 12.4. The van der Waals surface area contributed by atoms with E-state index >= 15 is 0 Å². The van der Waals surface area contributed by atoms with Crippen molar-refractivity contribution in [2.75, 3.05) is 17.2 Å². The lowest BCUT2D eigenvalue weighted by molar-refractivity contribution is 0.0527. The highest BCUT2D eigenvalue weighted by Gasteiger charge is 2.25. The van der Waals surface area contributed by atoms with Gasteiger partial charge in [-0.25, -0.2) is 15.0 Å². The molecule has 0 unspecified atom stereocenters. The maximum atomic E-state index is 12.4. The summed E-state index contributed by atoms with van der Waals surface area (Å²) in [6.07, 6.45) is 1.18. The highest BCUT2D eigenvalue weighted by atomic mass is 35.5. The number of esters is 1. The Morgan fingerprint density at radius 2 is 1.88 bits per heavy atom. The Bertz CT molecular complexity index is 1140. The van der Waals surface area contributed by atoms with Gasteiger partial charge in [0.2, 0.25) is 5.88 Å². The summed E-state index contributed by atoms with van der Waals surface area (Å²) in [5.74, 6) is -0.563. The van der Waals surface area contributed by atoms with Crippen LogP contribution in [-0.4, -0.2) is 24.8 Å². The summed E-state index contributed by atoms with van der Waals surface area (Å²) in [4.78, 5) is 24.4. The lowest BCUT2D eigenvalue weighted by atomic mass is 10.2. The topological polar surface area (TPSA) is 105 Å². The molecule has 0 aliphatic rings. The summed E-state index contributed by atoms with van der Waals surface area (Å²) in [5.41, 5.74) is 4.56. The second-order valence-electron chi connectivity index (χ2n) is 6.53. The van der Waals surface area contributed by atoms with Crippen LogP contribution in [0.5, 0.6) is 0 Å². The molecule has 2 aromatic carbocycles. The second-order valence-corrected chi connectivity index (χ2v) is 7.34. The Balaban J connectivity index is 1.77. The molecule has 0 saturated carbocycles. The molecule has 3 aromatic rings. The number of benzene rings is 2. The van der Waals surface area contributed by atoms with Gasteiger partial charge in [-0.3, -0.25) is 0 Å². The first-order chi connectivity index (χ1) is 15.4. The molecule has 0 fully saturated rings. The van der Waals surface area contributed by atoms with Crippen molar-refractivity contribution in [2.45, 2.75) is 13.8 Å². The number of rotatable bonds is 7. The van der Waals surface area contributed by atoms with Gasteiger partial charge in [-0.2, -0.15) is 5.10 Å².